The second-order valence-corrected chi connectivity index (χ2v) is 9.35. The van der Waals surface area contributed by atoms with Crippen molar-refractivity contribution in [3.05, 3.63) is 53.1 Å². The molecule has 0 spiro atoms. The van der Waals surface area contributed by atoms with Gasteiger partial charge in [0.2, 0.25) is 10.0 Å². The highest BCUT2D eigenvalue weighted by molar-refractivity contribution is 7.92. The maximum Gasteiger partial charge on any atom is 0.490 e. The van der Waals surface area contributed by atoms with Crippen LogP contribution in [0.5, 0.6) is 0 Å². The van der Waals surface area contributed by atoms with Crippen LogP contribution in [0.2, 0.25) is 5.02 Å². The van der Waals surface area contributed by atoms with Crippen LogP contribution in [0.4, 0.5) is 30.2 Å². The average molecular weight is 524 g/mol. The zero-order valence-corrected chi connectivity index (χ0v) is 19.3. The van der Waals surface area contributed by atoms with E-state index >= 15 is 0 Å². The minimum Gasteiger partial charge on any atom is -0.478 e. The first-order chi connectivity index (χ1) is 15.7. The number of aliphatic carboxylic acids is 1. The number of aromatic carboxylic acids is 1. The van der Waals surface area contributed by atoms with Crippen LogP contribution in [-0.2, 0) is 14.8 Å². The molecule has 186 valence electrons. The molecule has 0 atom stereocenters. The molecule has 0 bridgehead atoms. The number of nitrogens with zero attached hydrogens (tertiary/aromatic N) is 2. The zero-order valence-electron chi connectivity index (χ0n) is 17.7. The number of carboxylic acids is 2. The van der Waals surface area contributed by atoms with E-state index in [2.05, 4.69) is 9.62 Å². The molecule has 0 radical (unpaired) electrons. The predicted molar refractivity (Wildman–Crippen MR) is 121 cm³/mol. The van der Waals surface area contributed by atoms with Gasteiger partial charge >= 0.3 is 18.1 Å². The van der Waals surface area contributed by atoms with E-state index in [1.165, 1.54) is 12.1 Å². The molecule has 3 N–H and O–H groups in total. The van der Waals surface area contributed by atoms with E-state index in [0.29, 0.717) is 23.8 Å². The Hall–Kier alpha value is -3.19. The highest BCUT2D eigenvalue weighted by Crippen LogP contribution is 2.30. The van der Waals surface area contributed by atoms with Crippen molar-refractivity contribution in [1.82, 2.24) is 0 Å². The highest BCUT2D eigenvalue weighted by Gasteiger charge is 2.38. The summed E-state index contributed by atoms with van der Waals surface area (Å²) in [5, 5.41) is 17.0. The Kier molecular flexibility index (Phi) is 8.61. The molecule has 2 aromatic rings. The topological polar surface area (TPSA) is 127 Å². The molecule has 1 heterocycles. The van der Waals surface area contributed by atoms with Crippen molar-refractivity contribution in [2.24, 2.45) is 0 Å². The number of rotatable bonds is 5. The first-order valence-corrected chi connectivity index (χ1v) is 11.8. The SMILES string of the molecule is CS(=O)(=O)Nc1cc(C(=O)O)ccc1N1CCN(c2cccc(Cl)c2)CC1.O=C(O)C(F)(F)F. The number of hydrogen-bond acceptors (Lipinski definition) is 6. The van der Waals surface area contributed by atoms with Gasteiger partial charge in [-0.2, -0.15) is 13.2 Å². The first kappa shape index (κ1) is 27.1. The molecular weight excluding hydrogens is 503 g/mol. The summed E-state index contributed by atoms with van der Waals surface area (Å²) < 4.78 is 57.5. The molecule has 1 saturated heterocycles. The fourth-order valence-electron chi connectivity index (χ4n) is 3.10. The number of alkyl halides is 3. The third-order valence-corrected chi connectivity index (χ3v) is 5.40. The van der Waals surface area contributed by atoms with E-state index in [4.69, 9.17) is 21.5 Å². The summed E-state index contributed by atoms with van der Waals surface area (Å²) in [6.45, 7) is 2.80. The second-order valence-electron chi connectivity index (χ2n) is 7.17. The fraction of sp³-hybridized carbons (Fsp3) is 0.300. The van der Waals surface area contributed by atoms with Crippen molar-refractivity contribution in [2.45, 2.75) is 6.18 Å². The monoisotopic (exact) mass is 523 g/mol. The van der Waals surface area contributed by atoms with Crippen molar-refractivity contribution >= 4 is 50.6 Å². The summed E-state index contributed by atoms with van der Waals surface area (Å²) in [5.41, 5.74) is 2.00. The van der Waals surface area contributed by atoms with Gasteiger partial charge in [-0.05, 0) is 36.4 Å². The Morgan fingerprint density at radius 3 is 2.03 bits per heavy atom. The molecule has 3 rings (SSSR count). The summed E-state index contributed by atoms with van der Waals surface area (Å²) >= 11 is 6.06. The number of anilines is 3. The number of carbonyl (C=O) groups is 2. The lowest BCUT2D eigenvalue weighted by atomic mass is 10.1. The standard InChI is InChI=1S/C18H20ClN3O4S.C2HF3O2/c1-27(25,26)20-16-11-13(18(23)24)5-6-17(16)22-9-7-21(8-10-22)15-4-2-3-14(19)12-15;3-2(4,5)1(6)7/h2-6,11-12,20H,7-10H2,1H3,(H,23,24);(H,6,7). The van der Waals surface area contributed by atoms with Crippen LogP contribution in [0.1, 0.15) is 10.4 Å². The third kappa shape index (κ3) is 7.99. The molecule has 14 heteroatoms. The molecule has 1 aliphatic heterocycles. The predicted octanol–water partition coefficient (Wildman–Crippen LogP) is 3.37. The van der Waals surface area contributed by atoms with Crippen molar-refractivity contribution in [2.75, 3.05) is 47.0 Å². The lowest BCUT2D eigenvalue weighted by Gasteiger charge is -2.38. The molecular formula is C20H21ClF3N3O6S. The van der Waals surface area contributed by atoms with Crippen molar-refractivity contribution < 1.29 is 41.4 Å². The Bertz CT molecular complexity index is 1150. The molecule has 0 aromatic heterocycles. The van der Waals surface area contributed by atoms with Gasteiger partial charge in [0.05, 0.1) is 23.2 Å². The summed E-state index contributed by atoms with van der Waals surface area (Å²) in [4.78, 5) is 24.4. The van der Waals surface area contributed by atoms with Crippen LogP contribution in [0.15, 0.2) is 42.5 Å². The molecule has 0 unspecified atom stereocenters. The minimum absolute atomic E-state index is 0.0301. The number of sulfonamides is 1. The van der Waals surface area contributed by atoms with Gasteiger partial charge in [-0.25, -0.2) is 18.0 Å². The van der Waals surface area contributed by atoms with Crippen LogP contribution < -0.4 is 14.5 Å². The van der Waals surface area contributed by atoms with Crippen molar-refractivity contribution in [1.29, 1.82) is 0 Å². The van der Waals surface area contributed by atoms with Gasteiger partial charge in [-0.1, -0.05) is 17.7 Å². The highest BCUT2D eigenvalue weighted by atomic mass is 35.5. The van der Waals surface area contributed by atoms with Crippen LogP contribution in [-0.4, -0.2) is 69.2 Å². The van der Waals surface area contributed by atoms with Gasteiger partial charge in [-0.3, -0.25) is 4.72 Å². The first-order valence-electron chi connectivity index (χ1n) is 9.58. The van der Waals surface area contributed by atoms with Gasteiger partial charge in [0.25, 0.3) is 0 Å². The Balaban J connectivity index is 0.000000509. The number of carboxylic acid groups (broad SMARTS) is 2. The number of nitrogens with one attached hydrogen (secondary N) is 1. The lowest BCUT2D eigenvalue weighted by molar-refractivity contribution is -0.192. The van der Waals surface area contributed by atoms with Gasteiger partial charge in [0.1, 0.15) is 0 Å². The third-order valence-electron chi connectivity index (χ3n) is 4.58. The molecule has 9 nitrogen and oxygen atoms in total. The van der Waals surface area contributed by atoms with Gasteiger partial charge < -0.3 is 20.0 Å². The maximum atomic E-state index is 11.7. The summed E-state index contributed by atoms with van der Waals surface area (Å²) in [6, 6.07) is 12.1. The molecule has 1 fully saturated rings. The van der Waals surface area contributed by atoms with Gasteiger partial charge in [-0.15, -0.1) is 0 Å². The van der Waals surface area contributed by atoms with E-state index in [1.807, 2.05) is 29.2 Å². The molecule has 0 amide bonds. The normalized spacial score (nSPS) is 14.1. The van der Waals surface area contributed by atoms with Crippen LogP contribution in [0.3, 0.4) is 0 Å². The molecule has 34 heavy (non-hydrogen) atoms. The zero-order chi connectivity index (χ0) is 25.7. The van der Waals surface area contributed by atoms with Crippen LogP contribution in [0.25, 0.3) is 0 Å². The summed E-state index contributed by atoms with van der Waals surface area (Å²) in [6.07, 6.45) is -4.04. The fourth-order valence-corrected chi connectivity index (χ4v) is 3.85. The number of piperazine rings is 1. The summed E-state index contributed by atoms with van der Waals surface area (Å²) in [5.74, 6) is -3.86. The minimum atomic E-state index is -5.08. The van der Waals surface area contributed by atoms with E-state index in [0.717, 1.165) is 25.0 Å². The van der Waals surface area contributed by atoms with E-state index in [9.17, 15) is 31.5 Å². The molecule has 0 saturated carbocycles. The van der Waals surface area contributed by atoms with Crippen LogP contribution in [0, 0.1) is 0 Å². The average Bonchev–Trinajstić information content (AvgIpc) is 2.72. The second kappa shape index (κ2) is 10.8. The van der Waals surface area contributed by atoms with E-state index < -0.39 is 28.1 Å². The Morgan fingerprint density at radius 1 is 1.00 bits per heavy atom. The molecule has 2 aromatic carbocycles. The van der Waals surface area contributed by atoms with E-state index in [-0.39, 0.29) is 11.3 Å². The Labute approximate surface area is 198 Å². The van der Waals surface area contributed by atoms with Gasteiger partial charge in [0.15, 0.2) is 0 Å². The number of hydrogen-bond donors (Lipinski definition) is 3. The molecule has 0 aliphatic carbocycles. The van der Waals surface area contributed by atoms with Gasteiger partial charge in [0, 0.05) is 36.9 Å². The number of benzene rings is 2. The smallest absolute Gasteiger partial charge is 0.478 e. The van der Waals surface area contributed by atoms with Crippen molar-refractivity contribution in [3.8, 4) is 0 Å². The quantitative estimate of drug-likeness (QED) is 0.544. The largest absolute Gasteiger partial charge is 0.490 e. The Morgan fingerprint density at radius 2 is 1.56 bits per heavy atom. The van der Waals surface area contributed by atoms with E-state index in [1.54, 1.807) is 6.07 Å². The van der Waals surface area contributed by atoms with Crippen molar-refractivity contribution in [3.63, 3.8) is 0 Å². The lowest BCUT2D eigenvalue weighted by Crippen LogP contribution is -2.46. The number of halogens is 4. The van der Waals surface area contributed by atoms with Crippen LogP contribution >= 0.6 is 11.6 Å². The maximum absolute atomic E-state index is 11.7. The summed E-state index contributed by atoms with van der Waals surface area (Å²) in [7, 11) is -3.53. The molecule has 1 aliphatic rings.